The number of nitriles is 1. The normalized spacial score (nSPS) is 21.4. The van der Waals surface area contributed by atoms with Crippen LogP contribution in [-0.4, -0.2) is 32.1 Å². The number of halogens is 5. The number of carbonyl (C=O) groups is 1. The van der Waals surface area contributed by atoms with Gasteiger partial charge in [0.05, 0.1) is 28.2 Å². The highest BCUT2D eigenvalue weighted by Crippen LogP contribution is 2.48. The van der Waals surface area contributed by atoms with Crippen molar-refractivity contribution in [1.29, 1.82) is 5.26 Å². The van der Waals surface area contributed by atoms with E-state index >= 15 is 4.39 Å². The largest absolute Gasteiger partial charge is 0.481 e. The number of carboxylic acids is 1. The molecule has 218 valence electrons. The van der Waals surface area contributed by atoms with Gasteiger partial charge in [-0.15, -0.1) is 0 Å². The summed E-state index contributed by atoms with van der Waals surface area (Å²) < 4.78 is 74.5. The van der Waals surface area contributed by atoms with Gasteiger partial charge in [0.2, 0.25) is 0 Å². The van der Waals surface area contributed by atoms with Crippen molar-refractivity contribution < 1.29 is 31.9 Å². The van der Waals surface area contributed by atoms with Crippen molar-refractivity contribution in [3.63, 3.8) is 0 Å². The van der Waals surface area contributed by atoms with Crippen LogP contribution in [0.2, 0.25) is 0 Å². The van der Waals surface area contributed by atoms with E-state index in [1.54, 1.807) is 0 Å². The zero-order valence-electron chi connectivity index (χ0n) is 22.2. The SMILES string of the molecule is N#Cc1c(-c2c[nH]c3c(F)cc(F)cc23)nc(N[C@H]2C3CCC(CC3)[C@@H]2C(=O)O)c(F)c1-c1c[nH]c2c(F)cc(F)cc12. The minimum atomic E-state index is -1.03. The lowest BCUT2D eigenvalue weighted by atomic mass is 9.61. The van der Waals surface area contributed by atoms with Crippen LogP contribution < -0.4 is 5.32 Å². The smallest absolute Gasteiger partial charge is 0.308 e. The summed E-state index contributed by atoms with van der Waals surface area (Å²) in [6.45, 7) is 0. The fourth-order valence-corrected chi connectivity index (χ4v) is 7.10. The highest BCUT2D eigenvalue weighted by atomic mass is 19.1. The topological polar surface area (TPSA) is 118 Å². The van der Waals surface area contributed by atoms with E-state index < -0.39 is 47.0 Å². The lowest BCUT2D eigenvalue weighted by molar-refractivity contribution is -0.148. The molecule has 3 aliphatic carbocycles. The van der Waals surface area contributed by atoms with E-state index in [4.69, 9.17) is 0 Å². The van der Waals surface area contributed by atoms with E-state index in [1.807, 2.05) is 6.07 Å². The number of carboxylic acid groups (broad SMARTS) is 1. The molecule has 3 aliphatic rings. The Morgan fingerprint density at radius 2 is 1.44 bits per heavy atom. The Balaban J connectivity index is 1.51. The molecule has 3 heterocycles. The number of aliphatic carboxylic acids is 1. The average Bonchev–Trinajstić information content (AvgIpc) is 3.59. The number of fused-ring (bicyclic) bond motifs is 5. The third-order valence-electron chi connectivity index (χ3n) is 8.99. The Hall–Kier alpha value is -4.92. The van der Waals surface area contributed by atoms with Crippen LogP contribution in [0.1, 0.15) is 31.2 Å². The summed E-state index contributed by atoms with van der Waals surface area (Å²) in [7, 11) is 0. The zero-order valence-corrected chi connectivity index (χ0v) is 22.2. The first kappa shape index (κ1) is 26.9. The van der Waals surface area contributed by atoms with E-state index in [0.717, 1.165) is 37.8 Å². The minimum absolute atomic E-state index is 0.0289. The van der Waals surface area contributed by atoms with Crippen molar-refractivity contribution in [3.8, 4) is 28.5 Å². The number of benzene rings is 2. The number of nitrogens with zero attached hydrogens (tertiary/aromatic N) is 2. The van der Waals surface area contributed by atoms with Gasteiger partial charge in [-0.2, -0.15) is 5.26 Å². The number of nitrogens with one attached hydrogen (secondary N) is 3. The second-order valence-corrected chi connectivity index (χ2v) is 11.2. The monoisotopic (exact) mass is 591 g/mol. The maximum Gasteiger partial charge on any atom is 0.308 e. The summed E-state index contributed by atoms with van der Waals surface area (Å²) in [5, 5.41) is 23.4. The van der Waals surface area contributed by atoms with Gasteiger partial charge in [-0.1, -0.05) is 0 Å². The summed E-state index contributed by atoms with van der Waals surface area (Å²) in [6.07, 6.45) is 5.49. The molecule has 2 aromatic carbocycles. The Bertz CT molecular complexity index is 2000. The van der Waals surface area contributed by atoms with E-state index in [-0.39, 0.29) is 67.4 Å². The Morgan fingerprint density at radius 3 is 2.02 bits per heavy atom. The summed E-state index contributed by atoms with van der Waals surface area (Å²) in [5.41, 5.74) is -1.03. The van der Waals surface area contributed by atoms with Crippen LogP contribution in [0.5, 0.6) is 0 Å². The zero-order chi connectivity index (χ0) is 30.2. The standard InChI is InChI=1S/C31H22F5N5O2/c32-14-5-16-19(10-38-28(16)21(34)7-14)24-18(9-37)27(20-11-39-29-17(20)6-15(33)8-22(29)35)41-30(25(24)36)40-26-13-3-1-12(2-4-13)23(26)31(42)43/h5-8,10-13,23,26,38-39H,1-4H2,(H,40,41)(H,42,43)/t12?,13?,23-,26-/m0/s1. The first-order valence-electron chi connectivity index (χ1n) is 13.7. The molecule has 3 aromatic heterocycles. The van der Waals surface area contributed by atoms with Crippen LogP contribution in [-0.2, 0) is 4.79 Å². The number of aromatic amines is 2. The lowest BCUT2D eigenvalue weighted by Crippen LogP contribution is -2.51. The third-order valence-corrected chi connectivity index (χ3v) is 8.99. The molecule has 0 radical (unpaired) electrons. The number of hydrogen-bond acceptors (Lipinski definition) is 4. The van der Waals surface area contributed by atoms with Gasteiger partial charge in [0.1, 0.15) is 29.3 Å². The van der Waals surface area contributed by atoms with E-state index in [1.165, 1.54) is 12.4 Å². The maximum absolute atomic E-state index is 16.6. The molecular weight excluding hydrogens is 569 g/mol. The Labute approximate surface area is 240 Å². The molecule has 0 aliphatic heterocycles. The quantitative estimate of drug-likeness (QED) is 0.161. The molecule has 43 heavy (non-hydrogen) atoms. The average molecular weight is 592 g/mol. The van der Waals surface area contributed by atoms with Gasteiger partial charge in [-0.3, -0.25) is 4.79 Å². The van der Waals surface area contributed by atoms with Crippen LogP contribution in [0.25, 0.3) is 44.2 Å². The molecule has 5 aromatic rings. The number of hydrogen-bond donors (Lipinski definition) is 4. The molecule has 4 N–H and O–H groups in total. The number of pyridine rings is 1. The van der Waals surface area contributed by atoms with Crippen molar-refractivity contribution in [2.45, 2.75) is 31.7 Å². The van der Waals surface area contributed by atoms with Gasteiger partial charge in [-0.05, 0) is 49.7 Å². The molecule has 8 rings (SSSR count). The van der Waals surface area contributed by atoms with Crippen molar-refractivity contribution in [2.24, 2.45) is 17.8 Å². The van der Waals surface area contributed by atoms with Gasteiger partial charge in [0.15, 0.2) is 11.6 Å². The number of anilines is 1. The van der Waals surface area contributed by atoms with Crippen molar-refractivity contribution in [1.82, 2.24) is 15.0 Å². The number of rotatable bonds is 5. The Kier molecular flexibility index (Phi) is 6.16. The highest BCUT2D eigenvalue weighted by Gasteiger charge is 2.48. The molecule has 2 atom stereocenters. The summed E-state index contributed by atoms with van der Waals surface area (Å²) in [4.78, 5) is 22.1. The van der Waals surface area contributed by atoms with Gasteiger partial charge in [-0.25, -0.2) is 26.9 Å². The van der Waals surface area contributed by atoms with Gasteiger partial charge >= 0.3 is 5.97 Å². The lowest BCUT2D eigenvalue weighted by Gasteiger charge is -2.47. The molecule has 3 fully saturated rings. The second-order valence-electron chi connectivity index (χ2n) is 11.2. The molecular formula is C31H22F5N5O2. The Morgan fingerprint density at radius 1 is 0.884 bits per heavy atom. The summed E-state index contributed by atoms with van der Waals surface area (Å²) >= 11 is 0. The fraction of sp³-hybridized carbons (Fsp3) is 0.258. The second kappa shape index (κ2) is 9.83. The van der Waals surface area contributed by atoms with Crippen LogP contribution in [0.15, 0.2) is 36.7 Å². The predicted octanol–water partition coefficient (Wildman–Crippen LogP) is 7.25. The van der Waals surface area contributed by atoms with Crippen LogP contribution in [0, 0.1) is 58.2 Å². The van der Waals surface area contributed by atoms with Crippen molar-refractivity contribution in [2.75, 3.05) is 5.32 Å². The molecule has 0 unspecified atom stereocenters. The number of H-pyrrole nitrogens is 2. The fourth-order valence-electron chi connectivity index (χ4n) is 7.10. The highest BCUT2D eigenvalue weighted by molar-refractivity contribution is 6.02. The van der Waals surface area contributed by atoms with Gasteiger partial charge < -0.3 is 20.4 Å². The van der Waals surface area contributed by atoms with Gasteiger partial charge in [0, 0.05) is 58.0 Å². The van der Waals surface area contributed by atoms with E-state index in [0.29, 0.717) is 12.1 Å². The van der Waals surface area contributed by atoms with Crippen molar-refractivity contribution >= 4 is 33.6 Å². The molecule has 0 amide bonds. The van der Waals surface area contributed by atoms with Crippen LogP contribution in [0.3, 0.4) is 0 Å². The first-order chi connectivity index (χ1) is 20.7. The van der Waals surface area contributed by atoms with Crippen molar-refractivity contribution in [3.05, 3.63) is 71.3 Å². The molecule has 7 nitrogen and oxygen atoms in total. The molecule has 0 spiro atoms. The maximum atomic E-state index is 16.6. The summed E-state index contributed by atoms with van der Waals surface area (Å²) in [6, 6.07) is 4.63. The molecule has 0 saturated heterocycles. The first-order valence-corrected chi connectivity index (χ1v) is 13.7. The summed E-state index contributed by atoms with van der Waals surface area (Å²) in [5.74, 6) is -7.10. The molecule has 2 bridgehead atoms. The van der Waals surface area contributed by atoms with E-state index in [2.05, 4.69) is 20.3 Å². The minimum Gasteiger partial charge on any atom is -0.481 e. The molecule has 12 heteroatoms. The molecule has 3 saturated carbocycles. The van der Waals surface area contributed by atoms with Crippen LogP contribution in [0.4, 0.5) is 27.8 Å². The van der Waals surface area contributed by atoms with E-state index in [9.17, 15) is 32.7 Å². The number of aromatic nitrogens is 3. The van der Waals surface area contributed by atoms with Crippen LogP contribution >= 0.6 is 0 Å². The predicted molar refractivity (Wildman–Crippen MR) is 147 cm³/mol. The van der Waals surface area contributed by atoms with Gasteiger partial charge in [0.25, 0.3) is 0 Å². The third kappa shape index (κ3) is 4.13.